The van der Waals surface area contributed by atoms with E-state index in [4.69, 9.17) is 0 Å². The van der Waals surface area contributed by atoms with E-state index in [1.165, 1.54) is 6.92 Å². The molecule has 0 aliphatic heterocycles. The molecule has 3 nitrogen and oxygen atoms in total. The van der Waals surface area contributed by atoms with Crippen molar-refractivity contribution in [1.29, 1.82) is 0 Å². The van der Waals surface area contributed by atoms with Gasteiger partial charge in [0.05, 0.1) is 5.92 Å². The van der Waals surface area contributed by atoms with Crippen LogP contribution in [0.3, 0.4) is 0 Å². The molecule has 1 aliphatic rings. The van der Waals surface area contributed by atoms with E-state index in [1.54, 1.807) is 0 Å². The second kappa shape index (κ2) is 4.49. The van der Waals surface area contributed by atoms with E-state index in [2.05, 4.69) is 0 Å². The molecule has 0 aromatic rings. The van der Waals surface area contributed by atoms with Crippen LogP contribution in [0.5, 0.6) is 0 Å². The average molecular weight is 196 g/mol. The fourth-order valence-electron chi connectivity index (χ4n) is 1.91. The van der Waals surface area contributed by atoms with Gasteiger partial charge in [-0.15, -0.1) is 0 Å². The number of hydrogen-bond donors (Lipinski definition) is 0. The Morgan fingerprint density at radius 2 is 1.79 bits per heavy atom. The van der Waals surface area contributed by atoms with Gasteiger partial charge in [-0.25, -0.2) is 0 Å². The van der Waals surface area contributed by atoms with Crippen molar-refractivity contribution < 1.29 is 14.4 Å². The largest absolute Gasteiger partial charge is 0.300 e. The molecule has 1 fully saturated rings. The molecule has 0 aromatic heterocycles. The maximum absolute atomic E-state index is 11.5. The molecule has 0 radical (unpaired) electrons. The Hall–Kier alpha value is -0.990. The predicted molar refractivity (Wildman–Crippen MR) is 51.8 cm³/mol. The van der Waals surface area contributed by atoms with Crippen LogP contribution < -0.4 is 0 Å². The van der Waals surface area contributed by atoms with Gasteiger partial charge in [0.2, 0.25) is 0 Å². The van der Waals surface area contributed by atoms with Gasteiger partial charge >= 0.3 is 0 Å². The minimum atomic E-state index is -0.629. The molecule has 0 N–H and O–H groups in total. The van der Waals surface area contributed by atoms with Crippen molar-refractivity contribution >= 4 is 17.3 Å². The minimum Gasteiger partial charge on any atom is -0.300 e. The molecular weight excluding hydrogens is 180 g/mol. The van der Waals surface area contributed by atoms with Gasteiger partial charge in [-0.3, -0.25) is 14.4 Å². The van der Waals surface area contributed by atoms with E-state index in [0.717, 1.165) is 6.42 Å². The number of carbonyl (C=O) groups excluding carboxylic acids is 3. The van der Waals surface area contributed by atoms with Crippen LogP contribution in [0.4, 0.5) is 0 Å². The van der Waals surface area contributed by atoms with Crippen LogP contribution in [0.2, 0.25) is 0 Å². The van der Waals surface area contributed by atoms with E-state index < -0.39 is 5.92 Å². The first-order valence-corrected chi connectivity index (χ1v) is 5.09. The van der Waals surface area contributed by atoms with E-state index in [9.17, 15) is 14.4 Å². The van der Waals surface area contributed by atoms with Crippen LogP contribution in [0.25, 0.3) is 0 Å². The van der Waals surface area contributed by atoms with Crippen molar-refractivity contribution in [3.63, 3.8) is 0 Å². The van der Waals surface area contributed by atoms with Crippen molar-refractivity contribution in [1.82, 2.24) is 0 Å². The maximum atomic E-state index is 11.5. The molecule has 0 saturated heterocycles. The maximum Gasteiger partial charge on any atom is 0.144 e. The Balaban J connectivity index is 2.65. The lowest BCUT2D eigenvalue weighted by Crippen LogP contribution is -2.34. The van der Waals surface area contributed by atoms with E-state index in [1.807, 2.05) is 6.92 Å². The lowest BCUT2D eigenvalue weighted by Gasteiger charge is -2.24. The third-order valence-electron chi connectivity index (χ3n) is 2.83. The first-order chi connectivity index (χ1) is 6.54. The normalized spacial score (nSPS) is 27.9. The predicted octanol–water partition coefficient (Wildman–Crippen LogP) is 1.54. The summed E-state index contributed by atoms with van der Waals surface area (Å²) in [5.41, 5.74) is 0. The SMILES string of the molecule is CCC1CC(=O)C(CC(C)=O)C(=O)C1. The van der Waals surface area contributed by atoms with Gasteiger partial charge in [0.1, 0.15) is 17.3 Å². The molecule has 0 amide bonds. The summed E-state index contributed by atoms with van der Waals surface area (Å²) >= 11 is 0. The first kappa shape index (κ1) is 11.1. The lowest BCUT2D eigenvalue weighted by molar-refractivity contribution is -0.140. The van der Waals surface area contributed by atoms with Crippen LogP contribution in [0.15, 0.2) is 0 Å². The molecule has 1 aliphatic carbocycles. The summed E-state index contributed by atoms with van der Waals surface area (Å²) in [4.78, 5) is 33.9. The number of ketones is 3. The van der Waals surface area contributed by atoms with Crippen molar-refractivity contribution in [2.24, 2.45) is 11.8 Å². The molecule has 1 rings (SSSR count). The molecule has 0 unspecified atom stereocenters. The van der Waals surface area contributed by atoms with E-state index >= 15 is 0 Å². The summed E-state index contributed by atoms with van der Waals surface area (Å²) in [7, 11) is 0. The summed E-state index contributed by atoms with van der Waals surface area (Å²) in [5, 5.41) is 0. The molecule has 78 valence electrons. The third kappa shape index (κ3) is 2.50. The minimum absolute atomic E-state index is 0.0386. The highest BCUT2D eigenvalue weighted by Gasteiger charge is 2.34. The average Bonchev–Trinajstić information content (AvgIpc) is 2.10. The summed E-state index contributed by atoms with van der Waals surface area (Å²) in [6.45, 7) is 3.41. The Morgan fingerprint density at radius 3 is 2.14 bits per heavy atom. The molecule has 0 aromatic carbocycles. The Labute approximate surface area is 83.9 Å². The topological polar surface area (TPSA) is 51.2 Å². The highest BCUT2D eigenvalue weighted by molar-refractivity contribution is 6.07. The highest BCUT2D eigenvalue weighted by Crippen LogP contribution is 2.27. The van der Waals surface area contributed by atoms with Gasteiger partial charge < -0.3 is 0 Å². The number of carbonyl (C=O) groups is 3. The molecule has 1 saturated carbocycles. The first-order valence-electron chi connectivity index (χ1n) is 5.09. The van der Waals surface area contributed by atoms with E-state index in [-0.39, 0.29) is 29.7 Å². The van der Waals surface area contributed by atoms with Crippen molar-refractivity contribution in [3.8, 4) is 0 Å². The summed E-state index contributed by atoms with van der Waals surface area (Å²) < 4.78 is 0. The Bertz CT molecular complexity index is 250. The van der Waals surface area contributed by atoms with Gasteiger partial charge in [0.15, 0.2) is 0 Å². The number of hydrogen-bond acceptors (Lipinski definition) is 3. The summed E-state index contributed by atoms with van der Waals surface area (Å²) in [6.07, 6.45) is 1.92. The molecule has 0 heterocycles. The van der Waals surface area contributed by atoms with Crippen LogP contribution in [-0.2, 0) is 14.4 Å². The molecule has 0 bridgehead atoms. The summed E-state index contributed by atoms with van der Waals surface area (Å²) in [5.74, 6) is -0.577. The third-order valence-corrected chi connectivity index (χ3v) is 2.83. The number of Topliss-reactive ketones (excluding diaryl/α,β-unsaturated/α-hetero) is 3. The quantitative estimate of drug-likeness (QED) is 0.643. The van der Waals surface area contributed by atoms with Gasteiger partial charge in [-0.2, -0.15) is 0 Å². The highest BCUT2D eigenvalue weighted by atomic mass is 16.2. The molecular formula is C11H16O3. The van der Waals surface area contributed by atoms with Gasteiger partial charge in [-0.05, 0) is 12.8 Å². The second-order valence-corrected chi connectivity index (χ2v) is 4.07. The zero-order valence-corrected chi connectivity index (χ0v) is 8.71. The number of rotatable bonds is 3. The van der Waals surface area contributed by atoms with Crippen LogP contribution in [0.1, 0.15) is 39.5 Å². The lowest BCUT2D eigenvalue weighted by atomic mass is 9.77. The van der Waals surface area contributed by atoms with Crippen molar-refractivity contribution in [2.75, 3.05) is 0 Å². The van der Waals surface area contributed by atoms with Crippen LogP contribution in [-0.4, -0.2) is 17.3 Å². The fourth-order valence-corrected chi connectivity index (χ4v) is 1.91. The molecule has 14 heavy (non-hydrogen) atoms. The van der Waals surface area contributed by atoms with Gasteiger partial charge in [0.25, 0.3) is 0 Å². The van der Waals surface area contributed by atoms with Crippen LogP contribution in [0, 0.1) is 11.8 Å². The standard InChI is InChI=1S/C11H16O3/c1-3-8-5-10(13)9(4-7(2)12)11(14)6-8/h8-9H,3-6H2,1-2H3. The van der Waals surface area contributed by atoms with Crippen molar-refractivity contribution in [2.45, 2.75) is 39.5 Å². The second-order valence-electron chi connectivity index (χ2n) is 4.07. The monoisotopic (exact) mass is 196 g/mol. The molecule has 0 atom stereocenters. The zero-order chi connectivity index (χ0) is 10.7. The van der Waals surface area contributed by atoms with Gasteiger partial charge in [-0.1, -0.05) is 13.3 Å². The molecule has 0 spiro atoms. The Kier molecular flexibility index (Phi) is 3.55. The van der Waals surface area contributed by atoms with Crippen LogP contribution >= 0.6 is 0 Å². The Morgan fingerprint density at radius 1 is 1.29 bits per heavy atom. The van der Waals surface area contributed by atoms with E-state index in [0.29, 0.717) is 12.8 Å². The van der Waals surface area contributed by atoms with Crippen molar-refractivity contribution in [3.05, 3.63) is 0 Å². The zero-order valence-electron chi connectivity index (χ0n) is 8.71. The molecule has 3 heteroatoms. The summed E-state index contributed by atoms with van der Waals surface area (Å²) in [6, 6.07) is 0. The van der Waals surface area contributed by atoms with Gasteiger partial charge in [0, 0.05) is 19.3 Å². The smallest absolute Gasteiger partial charge is 0.144 e. The fraction of sp³-hybridized carbons (Fsp3) is 0.727.